The standard InChI is InChI=1S/C14H21NO/c1-11-4-2-3-5-13(11)10-14(16)12-6-8-15-9-7-12/h2-5,12,14-16H,6-10H2,1H3/t14-/m0/s1. The zero-order valence-corrected chi connectivity index (χ0v) is 9.95. The fraction of sp³-hybridized carbons (Fsp3) is 0.571. The van der Waals surface area contributed by atoms with Crippen molar-refractivity contribution in [2.45, 2.75) is 32.3 Å². The molecule has 1 aromatic rings. The van der Waals surface area contributed by atoms with Crippen LogP contribution in [0.1, 0.15) is 24.0 Å². The van der Waals surface area contributed by atoms with E-state index in [0.29, 0.717) is 5.92 Å². The van der Waals surface area contributed by atoms with Crippen LogP contribution in [-0.4, -0.2) is 24.3 Å². The fourth-order valence-electron chi connectivity index (χ4n) is 2.46. The van der Waals surface area contributed by atoms with Crippen LogP contribution in [0.15, 0.2) is 24.3 Å². The Hall–Kier alpha value is -0.860. The van der Waals surface area contributed by atoms with Gasteiger partial charge in [0.25, 0.3) is 0 Å². The maximum absolute atomic E-state index is 10.2. The third-order valence-corrected chi connectivity index (χ3v) is 3.62. The van der Waals surface area contributed by atoms with Crippen molar-refractivity contribution < 1.29 is 5.11 Å². The Kier molecular flexibility index (Phi) is 3.97. The molecule has 0 spiro atoms. The van der Waals surface area contributed by atoms with Gasteiger partial charge in [0.1, 0.15) is 0 Å². The van der Waals surface area contributed by atoms with Crippen LogP contribution in [0.2, 0.25) is 0 Å². The second-order valence-corrected chi connectivity index (χ2v) is 4.79. The molecular weight excluding hydrogens is 198 g/mol. The molecule has 1 aliphatic heterocycles. The molecule has 2 N–H and O–H groups in total. The van der Waals surface area contributed by atoms with Gasteiger partial charge >= 0.3 is 0 Å². The molecule has 88 valence electrons. The van der Waals surface area contributed by atoms with E-state index in [4.69, 9.17) is 0 Å². The van der Waals surface area contributed by atoms with Crippen LogP contribution < -0.4 is 5.32 Å². The van der Waals surface area contributed by atoms with Crippen LogP contribution in [0.25, 0.3) is 0 Å². The number of rotatable bonds is 3. The number of aliphatic hydroxyl groups excluding tert-OH is 1. The number of hydrogen-bond acceptors (Lipinski definition) is 2. The topological polar surface area (TPSA) is 32.3 Å². The SMILES string of the molecule is Cc1ccccc1C[C@H](O)C1CCNCC1. The van der Waals surface area contributed by atoms with Gasteiger partial charge < -0.3 is 10.4 Å². The largest absolute Gasteiger partial charge is 0.392 e. The molecule has 0 aromatic heterocycles. The summed E-state index contributed by atoms with van der Waals surface area (Å²) in [7, 11) is 0. The van der Waals surface area contributed by atoms with Crippen molar-refractivity contribution in [3.05, 3.63) is 35.4 Å². The van der Waals surface area contributed by atoms with E-state index in [2.05, 4.69) is 36.5 Å². The predicted octanol–water partition coefficient (Wildman–Crippen LogP) is 1.90. The highest BCUT2D eigenvalue weighted by Crippen LogP contribution is 2.20. The van der Waals surface area contributed by atoms with Crippen molar-refractivity contribution in [1.82, 2.24) is 5.32 Å². The highest BCUT2D eigenvalue weighted by atomic mass is 16.3. The van der Waals surface area contributed by atoms with E-state index in [1.54, 1.807) is 0 Å². The first kappa shape index (κ1) is 11.6. The highest BCUT2D eigenvalue weighted by molar-refractivity contribution is 5.26. The molecule has 0 amide bonds. The van der Waals surface area contributed by atoms with E-state index in [1.807, 2.05) is 0 Å². The molecule has 2 heteroatoms. The quantitative estimate of drug-likeness (QED) is 0.814. The van der Waals surface area contributed by atoms with Gasteiger partial charge in [-0.2, -0.15) is 0 Å². The van der Waals surface area contributed by atoms with Gasteiger partial charge in [0.15, 0.2) is 0 Å². The number of aryl methyl sites for hydroxylation is 1. The lowest BCUT2D eigenvalue weighted by Gasteiger charge is -2.27. The highest BCUT2D eigenvalue weighted by Gasteiger charge is 2.21. The van der Waals surface area contributed by atoms with E-state index < -0.39 is 0 Å². The van der Waals surface area contributed by atoms with Gasteiger partial charge in [-0.1, -0.05) is 24.3 Å². The average molecular weight is 219 g/mol. The van der Waals surface area contributed by atoms with Gasteiger partial charge in [-0.05, 0) is 56.3 Å². The van der Waals surface area contributed by atoms with Gasteiger partial charge in [0, 0.05) is 0 Å². The minimum atomic E-state index is -0.178. The van der Waals surface area contributed by atoms with Gasteiger partial charge in [-0.15, -0.1) is 0 Å². The van der Waals surface area contributed by atoms with E-state index in [1.165, 1.54) is 11.1 Å². The number of piperidine rings is 1. The number of nitrogens with one attached hydrogen (secondary N) is 1. The zero-order valence-electron chi connectivity index (χ0n) is 9.95. The van der Waals surface area contributed by atoms with E-state index >= 15 is 0 Å². The number of aliphatic hydroxyl groups is 1. The van der Waals surface area contributed by atoms with Crippen molar-refractivity contribution in [2.75, 3.05) is 13.1 Å². The fourth-order valence-corrected chi connectivity index (χ4v) is 2.46. The third-order valence-electron chi connectivity index (χ3n) is 3.62. The second kappa shape index (κ2) is 5.46. The van der Waals surface area contributed by atoms with E-state index in [9.17, 15) is 5.11 Å². The molecule has 0 aliphatic carbocycles. The lowest BCUT2D eigenvalue weighted by molar-refractivity contribution is 0.0889. The van der Waals surface area contributed by atoms with Gasteiger partial charge in [-0.25, -0.2) is 0 Å². The number of benzene rings is 1. The van der Waals surface area contributed by atoms with Crippen molar-refractivity contribution in [3.8, 4) is 0 Å². The zero-order chi connectivity index (χ0) is 11.4. The molecule has 16 heavy (non-hydrogen) atoms. The van der Waals surface area contributed by atoms with Crippen molar-refractivity contribution in [3.63, 3.8) is 0 Å². The molecule has 0 bridgehead atoms. The molecule has 1 saturated heterocycles. The van der Waals surface area contributed by atoms with Crippen LogP contribution in [0.5, 0.6) is 0 Å². The molecule has 2 nitrogen and oxygen atoms in total. The molecule has 1 aliphatic rings. The summed E-state index contributed by atoms with van der Waals surface area (Å²) in [5.74, 6) is 0.473. The van der Waals surface area contributed by atoms with Crippen LogP contribution in [0.3, 0.4) is 0 Å². The Labute approximate surface area is 97.7 Å². The monoisotopic (exact) mass is 219 g/mol. The number of hydrogen-bond donors (Lipinski definition) is 2. The first-order valence-electron chi connectivity index (χ1n) is 6.20. The van der Waals surface area contributed by atoms with Crippen molar-refractivity contribution >= 4 is 0 Å². The Morgan fingerprint density at radius 3 is 2.69 bits per heavy atom. The molecule has 0 saturated carbocycles. The summed E-state index contributed by atoms with van der Waals surface area (Å²) in [4.78, 5) is 0. The first-order chi connectivity index (χ1) is 7.77. The Bertz CT molecular complexity index is 331. The minimum Gasteiger partial charge on any atom is -0.392 e. The lowest BCUT2D eigenvalue weighted by Crippen LogP contribution is -2.35. The summed E-state index contributed by atoms with van der Waals surface area (Å²) in [6.07, 6.45) is 2.83. The summed E-state index contributed by atoms with van der Waals surface area (Å²) in [5.41, 5.74) is 2.57. The molecule has 0 unspecified atom stereocenters. The Balaban J connectivity index is 1.96. The maximum atomic E-state index is 10.2. The third kappa shape index (κ3) is 2.83. The summed E-state index contributed by atoms with van der Waals surface area (Å²) in [5, 5.41) is 13.6. The van der Waals surface area contributed by atoms with Gasteiger partial charge in [-0.3, -0.25) is 0 Å². The summed E-state index contributed by atoms with van der Waals surface area (Å²) < 4.78 is 0. The Morgan fingerprint density at radius 1 is 1.31 bits per heavy atom. The maximum Gasteiger partial charge on any atom is 0.0609 e. The van der Waals surface area contributed by atoms with Crippen LogP contribution in [0.4, 0.5) is 0 Å². The van der Waals surface area contributed by atoms with Crippen molar-refractivity contribution in [2.24, 2.45) is 5.92 Å². The molecular formula is C14H21NO. The smallest absolute Gasteiger partial charge is 0.0609 e. The molecule has 1 aromatic carbocycles. The lowest BCUT2D eigenvalue weighted by atomic mass is 9.88. The predicted molar refractivity (Wildman–Crippen MR) is 66.5 cm³/mol. The summed E-state index contributed by atoms with van der Waals surface area (Å²) in [6, 6.07) is 8.34. The van der Waals surface area contributed by atoms with Gasteiger partial charge in [0.2, 0.25) is 0 Å². The molecule has 2 rings (SSSR count). The van der Waals surface area contributed by atoms with E-state index in [-0.39, 0.29) is 6.10 Å². The summed E-state index contributed by atoms with van der Waals surface area (Å²) >= 11 is 0. The molecule has 1 fully saturated rings. The minimum absolute atomic E-state index is 0.178. The van der Waals surface area contributed by atoms with Gasteiger partial charge in [0.05, 0.1) is 6.10 Å². The van der Waals surface area contributed by atoms with Crippen molar-refractivity contribution in [1.29, 1.82) is 0 Å². The second-order valence-electron chi connectivity index (χ2n) is 4.79. The average Bonchev–Trinajstić information content (AvgIpc) is 2.33. The van der Waals surface area contributed by atoms with Crippen LogP contribution >= 0.6 is 0 Å². The van der Waals surface area contributed by atoms with Crippen LogP contribution in [0, 0.1) is 12.8 Å². The first-order valence-corrected chi connectivity index (χ1v) is 6.20. The van der Waals surface area contributed by atoms with E-state index in [0.717, 1.165) is 32.4 Å². The normalized spacial score (nSPS) is 19.6. The Morgan fingerprint density at radius 2 is 2.00 bits per heavy atom. The molecule has 0 radical (unpaired) electrons. The van der Waals surface area contributed by atoms with Crippen LogP contribution in [-0.2, 0) is 6.42 Å². The molecule has 1 heterocycles. The summed E-state index contributed by atoms with van der Waals surface area (Å²) in [6.45, 7) is 4.22. The molecule has 1 atom stereocenters.